The van der Waals surface area contributed by atoms with Gasteiger partial charge in [-0.15, -0.1) is 0 Å². The van der Waals surface area contributed by atoms with E-state index >= 15 is 0 Å². The first-order chi connectivity index (χ1) is 9.79. The lowest BCUT2D eigenvalue weighted by Gasteiger charge is -2.17. The maximum atomic E-state index is 12.2. The minimum Gasteiger partial charge on any atom is -0.506 e. The summed E-state index contributed by atoms with van der Waals surface area (Å²) in [6, 6.07) is 6.86. The van der Waals surface area contributed by atoms with Crippen molar-refractivity contribution in [2.75, 3.05) is 11.9 Å². The first-order valence-electron chi connectivity index (χ1n) is 5.84. The Kier molecular flexibility index (Phi) is 3.92. The lowest BCUT2D eigenvalue weighted by molar-refractivity contribution is 0.0992. The molecule has 0 atom stereocenters. The summed E-state index contributed by atoms with van der Waals surface area (Å²) in [6.07, 6.45) is 2.55. The SMILES string of the molecule is CN(C(=O)c1cncc(O)c1)c1ccc(S(N)(=O)=O)cc1. The molecule has 21 heavy (non-hydrogen) atoms. The number of primary sulfonamides is 1. The number of carbonyl (C=O) groups excluding carboxylic acids is 1. The first kappa shape index (κ1) is 14.9. The Hall–Kier alpha value is -2.45. The van der Waals surface area contributed by atoms with Crippen molar-refractivity contribution in [3.63, 3.8) is 0 Å². The van der Waals surface area contributed by atoms with Crippen molar-refractivity contribution in [2.45, 2.75) is 4.90 Å². The van der Waals surface area contributed by atoms with Gasteiger partial charge in [0.05, 0.1) is 16.7 Å². The van der Waals surface area contributed by atoms with Gasteiger partial charge < -0.3 is 10.0 Å². The summed E-state index contributed by atoms with van der Waals surface area (Å²) in [5.41, 5.74) is 0.698. The summed E-state index contributed by atoms with van der Waals surface area (Å²) >= 11 is 0. The van der Waals surface area contributed by atoms with E-state index in [0.717, 1.165) is 0 Å². The molecule has 1 aromatic heterocycles. The van der Waals surface area contributed by atoms with Crippen molar-refractivity contribution < 1.29 is 18.3 Å². The van der Waals surface area contributed by atoms with Crippen LogP contribution >= 0.6 is 0 Å². The van der Waals surface area contributed by atoms with Crippen LogP contribution in [0.3, 0.4) is 0 Å². The molecule has 0 bridgehead atoms. The highest BCUT2D eigenvalue weighted by Crippen LogP contribution is 2.19. The van der Waals surface area contributed by atoms with Crippen LogP contribution in [-0.2, 0) is 10.0 Å². The summed E-state index contributed by atoms with van der Waals surface area (Å²) in [5.74, 6) is -0.499. The van der Waals surface area contributed by atoms with E-state index in [0.29, 0.717) is 5.69 Å². The van der Waals surface area contributed by atoms with Gasteiger partial charge in [0.1, 0.15) is 5.75 Å². The Morgan fingerprint density at radius 2 is 1.86 bits per heavy atom. The molecule has 110 valence electrons. The summed E-state index contributed by atoms with van der Waals surface area (Å²) in [5, 5.41) is 14.3. The van der Waals surface area contributed by atoms with Gasteiger partial charge in [0.2, 0.25) is 10.0 Å². The van der Waals surface area contributed by atoms with Gasteiger partial charge in [-0.3, -0.25) is 9.78 Å². The number of aromatic nitrogens is 1. The molecule has 0 spiro atoms. The molecule has 1 amide bonds. The van der Waals surface area contributed by atoms with E-state index in [1.807, 2.05) is 0 Å². The molecular formula is C13H13N3O4S. The quantitative estimate of drug-likeness (QED) is 0.867. The fourth-order valence-corrected chi connectivity index (χ4v) is 2.23. The molecule has 8 heteroatoms. The number of rotatable bonds is 3. The number of aromatic hydroxyl groups is 1. The molecule has 1 heterocycles. The third kappa shape index (κ3) is 3.36. The van der Waals surface area contributed by atoms with Crippen LogP contribution in [0, 0.1) is 0 Å². The highest BCUT2D eigenvalue weighted by atomic mass is 32.2. The lowest BCUT2D eigenvalue weighted by Crippen LogP contribution is -2.26. The minimum atomic E-state index is -3.77. The van der Waals surface area contributed by atoms with Crippen molar-refractivity contribution in [3.05, 3.63) is 48.3 Å². The number of nitrogens with two attached hydrogens (primary N) is 1. The Morgan fingerprint density at radius 3 is 2.38 bits per heavy atom. The van der Waals surface area contributed by atoms with Gasteiger partial charge in [-0.2, -0.15) is 0 Å². The molecule has 1 aromatic carbocycles. The number of amides is 1. The summed E-state index contributed by atoms with van der Waals surface area (Å²) in [7, 11) is -2.24. The summed E-state index contributed by atoms with van der Waals surface area (Å²) in [6.45, 7) is 0. The molecule has 0 radical (unpaired) electrons. The minimum absolute atomic E-state index is 0.0360. The Labute approximate surface area is 121 Å². The Balaban J connectivity index is 2.28. The van der Waals surface area contributed by atoms with Crippen molar-refractivity contribution in [1.29, 1.82) is 0 Å². The van der Waals surface area contributed by atoms with E-state index in [9.17, 15) is 18.3 Å². The predicted octanol–water partition coefficient (Wildman–Crippen LogP) is 0.711. The monoisotopic (exact) mass is 307 g/mol. The molecule has 0 aliphatic rings. The second-order valence-corrected chi connectivity index (χ2v) is 5.90. The Morgan fingerprint density at radius 1 is 1.24 bits per heavy atom. The summed E-state index contributed by atoms with van der Waals surface area (Å²) in [4.78, 5) is 17.2. The van der Waals surface area contributed by atoms with Crippen LogP contribution in [0.2, 0.25) is 0 Å². The average molecular weight is 307 g/mol. The number of nitrogens with zero attached hydrogens (tertiary/aromatic N) is 2. The van der Waals surface area contributed by atoms with Crippen LogP contribution in [0.1, 0.15) is 10.4 Å². The van der Waals surface area contributed by atoms with E-state index in [2.05, 4.69) is 4.98 Å². The second-order valence-electron chi connectivity index (χ2n) is 4.33. The van der Waals surface area contributed by atoms with Gasteiger partial charge in [0.15, 0.2) is 0 Å². The van der Waals surface area contributed by atoms with Crippen molar-refractivity contribution in [3.8, 4) is 5.75 Å². The third-order valence-corrected chi connectivity index (χ3v) is 3.76. The average Bonchev–Trinajstić information content (AvgIpc) is 2.45. The van der Waals surface area contributed by atoms with Crippen molar-refractivity contribution in [2.24, 2.45) is 5.14 Å². The molecule has 0 saturated carbocycles. The number of pyridine rings is 1. The van der Waals surface area contributed by atoms with Gasteiger partial charge in [0, 0.05) is 18.9 Å². The van der Waals surface area contributed by atoms with Gasteiger partial charge in [0.25, 0.3) is 5.91 Å². The first-order valence-corrected chi connectivity index (χ1v) is 7.38. The van der Waals surface area contributed by atoms with E-state index in [1.165, 1.54) is 54.7 Å². The van der Waals surface area contributed by atoms with E-state index in [1.54, 1.807) is 0 Å². The second kappa shape index (κ2) is 5.51. The fraction of sp³-hybridized carbons (Fsp3) is 0.0769. The molecule has 0 saturated heterocycles. The summed E-state index contributed by atoms with van der Waals surface area (Å²) < 4.78 is 22.3. The smallest absolute Gasteiger partial charge is 0.259 e. The van der Waals surface area contributed by atoms with Crippen LogP contribution in [-0.4, -0.2) is 31.5 Å². The number of hydrogen-bond acceptors (Lipinski definition) is 5. The normalized spacial score (nSPS) is 11.1. The van der Waals surface area contributed by atoms with Gasteiger partial charge in [-0.1, -0.05) is 0 Å². The van der Waals surface area contributed by atoms with E-state index in [-0.39, 0.29) is 22.1 Å². The third-order valence-electron chi connectivity index (χ3n) is 2.83. The van der Waals surface area contributed by atoms with Crippen molar-refractivity contribution >= 4 is 21.6 Å². The zero-order valence-corrected chi connectivity index (χ0v) is 11.9. The zero-order chi connectivity index (χ0) is 15.6. The number of benzene rings is 1. The largest absolute Gasteiger partial charge is 0.506 e. The molecule has 2 rings (SSSR count). The molecule has 2 aromatic rings. The molecule has 0 aliphatic carbocycles. The number of anilines is 1. The predicted molar refractivity (Wildman–Crippen MR) is 76.5 cm³/mol. The lowest BCUT2D eigenvalue weighted by atomic mass is 10.2. The highest BCUT2D eigenvalue weighted by Gasteiger charge is 2.15. The van der Waals surface area contributed by atoms with E-state index in [4.69, 9.17) is 5.14 Å². The van der Waals surface area contributed by atoms with Gasteiger partial charge >= 0.3 is 0 Å². The van der Waals surface area contributed by atoms with Gasteiger partial charge in [-0.05, 0) is 30.3 Å². The molecular weight excluding hydrogens is 294 g/mol. The molecule has 0 aliphatic heterocycles. The molecule has 0 unspecified atom stereocenters. The van der Waals surface area contributed by atoms with E-state index < -0.39 is 10.0 Å². The van der Waals surface area contributed by atoms with Crippen LogP contribution in [0.5, 0.6) is 5.75 Å². The van der Waals surface area contributed by atoms with Crippen LogP contribution in [0.4, 0.5) is 5.69 Å². The number of hydrogen-bond donors (Lipinski definition) is 2. The molecule has 3 N–H and O–H groups in total. The van der Waals surface area contributed by atoms with Gasteiger partial charge in [-0.25, -0.2) is 13.6 Å². The highest BCUT2D eigenvalue weighted by molar-refractivity contribution is 7.89. The Bertz CT molecular complexity index is 772. The molecule has 7 nitrogen and oxygen atoms in total. The fourth-order valence-electron chi connectivity index (χ4n) is 1.72. The van der Waals surface area contributed by atoms with Crippen molar-refractivity contribution in [1.82, 2.24) is 4.98 Å². The zero-order valence-electron chi connectivity index (χ0n) is 11.1. The standard InChI is InChI=1S/C13H13N3O4S/c1-16(13(18)9-6-11(17)8-15-7-9)10-2-4-12(5-3-10)21(14,19)20/h2-8,17H,1H3,(H2,14,19,20). The topological polar surface area (TPSA) is 114 Å². The maximum Gasteiger partial charge on any atom is 0.259 e. The number of carbonyl (C=O) groups is 1. The number of sulfonamides is 1. The maximum absolute atomic E-state index is 12.2. The van der Waals surface area contributed by atoms with Crippen LogP contribution < -0.4 is 10.0 Å². The van der Waals surface area contributed by atoms with Crippen LogP contribution in [0.15, 0.2) is 47.6 Å². The van der Waals surface area contributed by atoms with Crippen LogP contribution in [0.25, 0.3) is 0 Å². The molecule has 0 fully saturated rings.